The molecule has 0 radical (unpaired) electrons. The highest BCUT2D eigenvalue weighted by Crippen LogP contribution is 2.22. The Balaban J connectivity index is 1.96. The average Bonchev–Trinajstić information content (AvgIpc) is 2.68. The van der Waals surface area contributed by atoms with Gasteiger partial charge in [-0.25, -0.2) is 0 Å². The van der Waals surface area contributed by atoms with Crippen LogP contribution in [0, 0.1) is 5.92 Å². The van der Waals surface area contributed by atoms with Crippen molar-refractivity contribution >= 4 is 30.1 Å². The fourth-order valence-corrected chi connectivity index (χ4v) is 2.70. The van der Waals surface area contributed by atoms with Crippen LogP contribution in [0.1, 0.15) is 6.92 Å². The minimum Gasteiger partial charge on any atom is -0.457 e. The number of carbonyl (C=O) groups is 2. The zero-order chi connectivity index (χ0) is 20.5. The minimum atomic E-state index is -0.904. The van der Waals surface area contributed by atoms with Crippen molar-refractivity contribution in [2.75, 3.05) is 11.1 Å². The smallest absolute Gasteiger partial charge is 0.247 e. The number of thiol groups is 1. The second kappa shape index (κ2) is 10.5. The van der Waals surface area contributed by atoms with E-state index in [-0.39, 0.29) is 5.75 Å². The van der Waals surface area contributed by atoms with Crippen molar-refractivity contribution in [3.63, 3.8) is 0 Å². The van der Waals surface area contributed by atoms with Crippen molar-refractivity contribution in [2.45, 2.75) is 19.1 Å². The number of anilines is 1. The van der Waals surface area contributed by atoms with Crippen molar-refractivity contribution in [2.24, 2.45) is 5.92 Å². The lowest BCUT2D eigenvalue weighted by Gasteiger charge is -2.21. The lowest BCUT2D eigenvalue weighted by molar-refractivity contribution is -0.129. The Hall–Kier alpha value is -2.77. The maximum absolute atomic E-state index is 12.4. The summed E-state index contributed by atoms with van der Waals surface area (Å²) >= 11 is 4.13. The molecule has 0 aliphatic heterocycles. The van der Waals surface area contributed by atoms with E-state index in [4.69, 9.17) is 4.74 Å². The van der Waals surface area contributed by atoms with E-state index in [1.165, 1.54) is 13.0 Å². The SMILES string of the molecule is C=C[C@H](C(=O)N[C@@H](CS)C(=O)Nc1ccc(Oc2ccccc2)cc1)[C@@H](C)O. The fraction of sp³-hybridized carbons (Fsp3) is 0.238. The summed E-state index contributed by atoms with van der Waals surface area (Å²) in [5.41, 5.74) is 0.558. The highest BCUT2D eigenvalue weighted by Gasteiger charge is 2.25. The van der Waals surface area contributed by atoms with Crippen molar-refractivity contribution in [3.05, 3.63) is 67.3 Å². The van der Waals surface area contributed by atoms with E-state index in [1.807, 2.05) is 30.3 Å². The Kier molecular flexibility index (Phi) is 8.10. The van der Waals surface area contributed by atoms with Crippen molar-refractivity contribution in [3.8, 4) is 11.5 Å². The number of carbonyl (C=O) groups excluding carboxylic acids is 2. The van der Waals surface area contributed by atoms with Crippen LogP contribution in [0.5, 0.6) is 11.5 Å². The molecule has 2 rings (SSSR count). The normalized spacial score (nSPS) is 13.7. The molecule has 0 saturated carbocycles. The molecule has 0 heterocycles. The van der Waals surface area contributed by atoms with Gasteiger partial charge in [-0.15, -0.1) is 6.58 Å². The van der Waals surface area contributed by atoms with E-state index in [1.54, 1.807) is 24.3 Å². The second-order valence-corrected chi connectivity index (χ2v) is 6.54. The molecule has 148 valence electrons. The summed E-state index contributed by atoms with van der Waals surface area (Å²) in [5, 5.41) is 14.9. The van der Waals surface area contributed by atoms with Crippen molar-refractivity contribution < 1.29 is 19.4 Å². The van der Waals surface area contributed by atoms with Crippen LogP contribution < -0.4 is 15.4 Å². The van der Waals surface area contributed by atoms with Crippen LogP contribution in [-0.4, -0.2) is 34.8 Å². The Morgan fingerprint density at radius 3 is 2.25 bits per heavy atom. The Morgan fingerprint density at radius 2 is 1.71 bits per heavy atom. The summed E-state index contributed by atoms with van der Waals surface area (Å²) < 4.78 is 5.71. The number of aliphatic hydroxyl groups is 1. The molecule has 0 unspecified atom stereocenters. The van der Waals surface area contributed by atoms with Crippen LogP contribution in [0.4, 0.5) is 5.69 Å². The van der Waals surface area contributed by atoms with Crippen LogP contribution in [0.15, 0.2) is 67.3 Å². The predicted octanol–water partition coefficient (Wildman–Crippen LogP) is 3.02. The van der Waals surface area contributed by atoms with E-state index < -0.39 is 29.9 Å². The van der Waals surface area contributed by atoms with E-state index in [0.717, 1.165) is 0 Å². The molecular formula is C21H24N2O4S. The van der Waals surface area contributed by atoms with Crippen LogP contribution in [0.3, 0.4) is 0 Å². The number of aliphatic hydroxyl groups excluding tert-OH is 1. The molecule has 6 nitrogen and oxygen atoms in total. The molecule has 0 aliphatic carbocycles. The third kappa shape index (κ3) is 6.14. The van der Waals surface area contributed by atoms with Gasteiger partial charge < -0.3 is 20.5 Å². The first kappa shape index (κ1) is 21.5. The molecule has 7 heteroatoms. The van der Waals surface area contributed by atoms with Gasteiger partial charge >= 0.3 is 0 Å². The number of rotatable bonds is 9. The van der Waals surface area contributed by atoms with Crippen molar-refractivity contribution in [1.29, 1.82) is 0 Å². The van der Waals surface area contributed by atoms with Crippen LogP contribution in [0.2, 0.25) is 0 Å². The summed E-state index contributed by atoms with van der Waals surface area (Å²) in [5.74, 6) is -0.235. The van der Waals surface area contributed by atoms with E-state index in [2.05, 4.69) is 29.8 Å². The monoisotopic (exact) mass is 400 g/mol. The topological polar surface area (TPSA) is 87.7 Å². The number of ether oxygens (including phenoxy) is 1. The molecule has 2 aromatic carbocycles. The molecule has 0 saturated heterocycles. The molecule has 3 N–H and O–H groups in total. The van der Waals surface area contributed by atoms with Gasteiger partial charge in [0.15, 0.2) is 0 Å². The molecule has 0 spiro atoms. The van der Waals surface area contributed by atoms with Gasteiger partial charge in [0.2, 0.25) is 11.8 Å². The minimum absolute atomic E-state index is 0.108. The quantitative estimate of drug-likeness (QED) is 0.385. The molecule has 3 atom stereocenters. The fourth-order valence-electron chi connectivity index (χ4n) is 2.45. The maximum atomic E-state index is 12.4. The lowest BCUT2D eigenvalue weighted by atomic mass is 10.0. The Morgan fingerprint density at radius 1 is 1.11 bits per heavy atom. The summed E-state index contributed by atoms with van der Waals surface area (Å²) in [7, 11) is 0. The Labute approximate surface area is 170 Å². The molecule has 0 aromatic heterocycles. The second-order valence-electron chi connectivity index (χ2n) is 6.17. The highest BCUT2D eigenvalue weighted by atomic mass is 32.1. The highest BCUT2D eigenvalue weighted by molar-refractivity contribution is 7.80. The molecule has 2 amide bonds. The van der Waals surface area contributed by atoms with Gasteiger partial charge in [0.25, 0.3) is 0 Å². The van der Waals surface area contributed by atoms with Crippen LogP contribution in [0.25, 0.3) is 0 Å². The predicted molar refractivity (Wildman–Crippen MR) is 113 cm³/mol. The molecule has 28 heavy (non-hydrogen) atoms. The lowest BCUT2D eigenvalue weighted by Crippen LogP contribution is -2.48. The molecule has 0 fully saturated rings. The standard InChI is InChI=1S/C21H24N2O4S/c1-3-18(14(2)24)20(25)23-19(13-28)21(26)22-15-9-11-17(12-10-15)27-16-7-5-4-6-8-16/h3-12,14,18-19,24,28H,1,13H2,2H3,(H,22,26)(H,23,25)/t14-,18+,19+/m1/s1. The number of para-hydroxylation sites is 1. The van der Waals surface area contributed by atoms with Gasteiger partial charge in [-0.1, -0.05) is 24.3 Å². The Bertz CT molecular complexity index is 794. The van der Waals surface area contributed by atoms with Gasteiger partial charge in [0.05, 0.1) is 12.0 Å². The first-order valence-electron chi connectivity index (χ1n) is 8.80. The van der Waals surface area contributed by atoms with E-state index in [0.29, 0.717) is 17.2 Å². The zero-order valence-electron chi connectivity index (χ0n) is 15.5. The first-order chi connectivity index (χ1) is 13.4. The van der Waals surface area contributed by atoms with Gasteiger partial charge in [-0.2, -0.15) is 12.6 Å². The third-order valence-electron chi connectivity index (χ3n) is 3.99. The average molecular weight is 401 g/mol. The number of amides is 2. The molecule has 0 bridgehead atoms. The van der Waals surface area contributed by atoms with Gasteiger partial charge in [0, 0.05) is 11.4 Å². The first-order valence-corrected chi connectivity index (χ1v) is 9.43. The summed E-state index contributed by atoms with van der Waals surface area (Å²) in [6, 6.07) is 15.4. The van der Waals surface area contributed by atoms with Gasteiger partial charge in [-0.3, -0.25) is 9.59 Å². The number of benzene rings is 2. The largest absolute Gasteiger partial charge is 0.457 e. The van der Waals surface area contributed by atoms with Gasteiger partial charge in [0.1, 0.15) is 17.5 Å². The third-order valence-corrected chi connectivity index (χ3v) is 4.36. The maximum Gasteiger partial charge on any atom is 0.247 e. The molecular weight excluding hydrogens is 376 g/mol. The number of nitrogens with one attached hydrogen (secondary N) is 2. The molecule has 2 aromatic rings. The number of hydrogen-bond donors (Lipinski definition) is 4. The van der Waals surface area contributed by atoms with E-state index >= 15 is 0 Å². The van der Waals surface area contributed by atoms with Crippen molar-refractivity contribution in [1.82, 2.24) is 5.32 Å². The summed E-state index contributed by atoms with van der Waals surface area (Å²) in [4.78, 5) is 24.6. The molecule has 0 aliphatic rings. The van der Waals surface area contributed by atoms with Crippen LogP contribution in [-0.2, 0) is 9.59 Å². The van der Waals surface area contributed by atoms with Crippen LogP contribution >= 0.6 is 12.6 Å². The van der Waals surface area contributed by atoms with E-state index in [9.17, 15) is 14.7 Å². The number of hydrogen-bond acceptors (Lipinski definition) is 5. The van der Waals surface area contributed by atoms with Gasteiger partial charge in [-0.05, 0) is 43.3 Å². The summed E-state index contributed by atoms with van der Waals surface area (Å²) in [6.07, 6.45) is 0.442. The summed E-state index contributed by atoms with van der Waals surface area (Å²) in [6.45, 7) is 5.02. The zero-order valence-corrected chi connectivity index (χ0v) is 16.4.